The topological polar surface area (TPSA) is 63.6 Å². The predicted octanol–water partition coefficient (Wildman–Crippen LogP) is 4.53. The average Bonchev–Trinajstić information content (AvgIpc) is 2.95. The van der Waals surface area contributed by atoms with Crippen LogP contribution in [0.2, 0.25) is 0 Å². The van der Waals surface area contributed by atoms with Crippen molar-refractivity contribution in [3.63, 3.8) is 0 Å². The van der Waals surface area contributed by atoms with E-state index >= 15 is 0 Å². The van der Waals surface area contributed by atoms with Gasteiger partial charge in [0.25, 0.3) is 0 Å². The van der Waals surface area contributed by atoms with Crippen LogP contribution >= 0.6 is 0 Å². The minimum absolute atomic E-state index is 0.0569. The Bertz CT molecular complexity index is 573. The Kier molecular flexibility index (Phi) is 6.05. The zero-order valence-corrected chi connectivity index (χ0v) is 17.6. The summed E-state index contributed by atoms with van der Waals surface area (Å²) >= 11 is 0. The molecule has 3 fully saturated rings. The molecule has 1 N–H and O–H groups in total. The molecule has 3 rings (SSSR count). The minimum Gasteiger partial charge on any atom is -0.469 e. The van der Waals surface area contributed by atoms with Gasteiger partial charge in [-0.15, -0.1) is 0 Å². The first-order valence-electron chi connectivity index (χ1n) is 11.1. The van der Waals surface area contributed by atoms with Crippen LogP contribution in [0.5, 0.6) is 0 Å². The van der Waals surface area contributed by atoms with Crippen LogP contribution in [-0.2, 0) is 14.3 Å². The molecule has 4 heteroatoms. The molecule has 0 spiro atoms. The fourth-order valence-electron chi connectivity index (χ4n) is 7.23. The molecule has 0 aliphatic heterocycles. The predicted molar refractivity (Wildman–Crippen MR) is 105 cm³/mol. The number of aliphatic hydroxyl groups excluding tert-OH is 1. The number of hydrogen-bond donors (Lipinski definition) is 1. The molecule has 0 bridgehead atoms. The maximum Gasteiger partial charge on any atom is 0.305 e. The van der Waals surface area contributed by atoms with E-state index in [0.717, 1.165) is 57.8 Å². The second-order valence-electron chi connectivity index (χ2n) is 9.92. The number of rotatable bonds is 6. The minimum atomic E-state index is -0.294. The van der Waals surface area contributed by atoms with Crippen LogP contribution in [0, 0.1) is 34.5 Å². The van der Waals surface area contributed by atoms with Gasteiger partial charge in [-0.2, -0.15) is 0 Å². The third kappa shape index (κ3) is 3.47. The smallest absolute Gasteiger partial charge is 0.305 e. The van der Waals surface area contributed by atoms with Gasteiger partial charge in [0.05, 0.1) is 13.2 Å². The summed E-state index contributed by atoms with van der Waals surface area (Å²) in [5.74, 6) is 2.10. The Hall–Kier alpha value is -0.900. The van der Waals surface area contributed by atoms with Gasteiger partial charge in [-0.1, -0.05) is 27.2 Å². The summed E-state index contributed by atoms with van der Waals surface area (Å²) in [5.41, 5.74) is -0.183. The highest BCUT2D eigenvalue weighted by molar-refractivity contribution is 5.87. The molecule has 3 aliphatic rings. The molecule has 3 aliphatic carbocycles. The highest BCUT2D eigenvalue weighted by Crippen LogP contribution is 2.64. The molecule has 3 saturated carbocycles. The van der Waals surface area contributed by atoms with Gasteiger partial charge >= 0.3 is 5.97 Å². The average molecular weight is 379 g/mol. The maximum atomic E-state index is 12.6. The van der Waals surface area contributed by atoms with E-state index in [-0.39, 0.29) is 28.8 Å². The maximum absolute atomic E-state index is 12.6. The van der Waals surface area contributed by atoms with Crippen LogP contribution in [-0.4, -0.2) is 30.1 Å². The molecule has 27 heavy (non-hydrogen) atoms. The van der Waals surface area contributed by atoms with Crippen LogP contribution < -0.4 is 0 Å². The number of ether oxygens (including phenoxy) is 1. The molecule has 0 saturated heterocycles. The lowest BCUT2D eigenvalue weighted by atomic mass is 9.46. The van der Waals surface area contributed by atoms with E-state index in [1.165, 1.54) is 7.11 Å². The van der Waals surface area contributed by atoms with Crippen molar-refractivity contribution in [3.05, 3.63) is 0 Å². The van der Waals surface area contributed by atoms with Crippen LogP contribution in [0.25, 0.3) is 0 Å². The number of methoxy groups -OCH3 is 1. The van der Waals surface area contributed by atoms with Crippen molar-refractivity contribution < 1.29 is 19.4 Å². The molecule has 4 nitrogen and oxygen atoms in total. The van der Waals surface area contributed by atoms with Crippen molar-refractivity contribution in [1.82, 2.24) is 0 Å². The van der Waals surface area contributed by atoms with Gasteiger partial charge in [0.2, 0.25) is 0 Å². The lowest BCUT2D eigenvalue weighted by Gasteiger charge is -2.59. The standard InChI is InChI=1S/C23H38O4/c1-5-6-19(24)18-8-7-15-16-9-10-20(25)23(16,3)13-11-17(15)22(18,2)14-12-21(26)27-4/h15-19,24H,5-14H2,1-4H3/t15-,16-,17-,18-,19?,22+,23-/m0/s1. The van der Waals surface area contributed by atoms with Crippen molar-refractivity contribution in [2.45, 2.75) is 91.1 Å². The van der Waals surface area contributed by atoms with E-state index in [4.69, 9.17) is 4.74 Å². The summed E-state index contributed by atoms with van der Waals surface area (Å²) in [6.45, 7) is 6.64. The van der Waals surface area contributed by atoms with Crippen LogP contribution in [0.4, 0.5) is 0 Å². The van der Waals surface area contributed by atoms with Crippen molar-refractivity contribution in [1.29, 1.82) is 0 Å². The fraction of sp³-hybridized carbons (Fsp3) is 0.913. The first-order valence-corrected chi connectivity index (χ1v) is 11.1. The van der Waals surface area contributed by atoms with Crippen LogP contribution in [0.15, 0.2) is 0 Å². The number of Topliss-reactive ketones (excluding diaryl/α,β-unsaturated/α-hetero) is 1. The quantitative estimate of drug-likeness (QED) is 0.690. The lowest BCUT2D eigenvalue weighted by Crippen LogP contribution is -2.54. The summed E-state index contributed by atoms with van der Waals surface area (Å²) in [5, 5.41) is 10.9. The van der Waals surface area contributed by atoms with Gasteiger partial charge in [0, 0.05) is 18.3 Å². The Morgan fingerprint density at radius 2 is 1.96 bits per heavy atom. The van der Waals surface area contributed by atoms with E-state index < -0.39 is 0 Å². The number of carbonyl (C=O) groups excluding carboxylic acids is 2. The van der Waals surface area contributed by atoms with Gasteiger partial charge in [-0.05, 0) is 74.0 Å². The summed E-state index contributed by atoms with van der Waals surface area (Å²) in [7, 11) is 1.45. The Balaban J connectivity index is 1.88. The van der Waals surface area contributed by atoms with Crippen LogP contribution in [0.1, 0.15) is 85.0 Å². The number of carbonyl (C=O) groups is 2. The number of esters is 1. The van der Waals surface area contributed by atoms with E-state index in [9.17, 15) is 14.7 Å². The van der Waals surface area contributed by atoms with Crippen molar-refractivity contribution in [2.24, 2.45) is 34.5 Å². The lowest BCUT2D eigenvalue weighted by molar-refractivity contribution is -0.150. The molecule has 1 unspecified atom stereocenters. The van der Waals surface area contributed by atoms with Gasteiger partial charge in [-0.25, -0.2) is 0 Å². The zero-order chi connectivity index (χ0) is 19.8. The molecule has 0 amide bonds. The molecular formula is C23H38O4. The van der Waals surface area contributed by atoms with Gasteiger partial charge in [0.15, 0.2) is 0 Å². The van der Waals surface area contributed by atoms with E-state index in [1.807, 2.05) is 0 Å². The zero-order valence-electron chi connectivity index (χ0n) is 17.6. The molecule has 0 aromatic rings. The van der Waals surface area contributed by atoms with Gasteiger partial charge in [-0.3, -0.25) is 9.59 Å². The summed E-state index contributed by atoms with van der Waals surface area (Å²) in [4.78, 5) is 24.5. The second-order valence-corrected chi connectivity index (χ2v) is 9.92. The largest absolute Gasteiger partial charge is 0.469 e. The van der Waals surface area contributed by atoms with Crippen LogP contribution in [0.3, 0.4) is 0 Å². The Morgan fingerprint density at radius 3 is 2.63 bits per heavy atom. The summed E-state index contributed by atoms with van der Waals surface area (Å²) in [6.07, 6.45) is 8.66. The SMILES string of the molecule is CCCC(O)[C@@H]1CC[C@@H]2[C@H](CC[C@]3(C)C(=O)CC[C@@H]23)[C@@]1(C)CCC(=O)OC. The third-order valence-corrected chi connectivity index (χ3v) is 8.80. The van der Waals surface area contributed by atoms with Crippen molar-refractivity contribution >= 4 is 11.8 Å². The van der Waals surface area contributed by atoms with E-state index in [0.29, 0.717) is 30.0 Å². The van der Waals surface area contributed by atoms with Crippen molar-refractivity contribution in [3.8, 4) is 0 Å². The monoisotopic (exact) mass is 378 g/mol. The van der Waals surface area contributed by atoms with E-state index in [1.54, 1.807) is 0 Å². The molecule has 0 aromatic heterocycles. The first-order chi connectivity index (χ1) is 12.8. The highest BCUT2D eigenvalue weighted by Gasteiger charge is 2.60. The molecule has 0 radical (unpaired) electrons. The van der Waals surface area contributed by atoms with E-state index in [2.05, 4.69) is 20.8 Å². The van der Waals surface area contributed by atoms with Crippen molar-refractivity contribution in [2.75, 3.05) is 7.11 Å². The Morgan fingerprint density at radius 1 is 1.22 bits per heavy atom. The number of hydrogen-bond acceptors (Lipinski definition) is 4. The third-order valence-electron chi connectivity index (χ3n) is 8.80. The molecule has 7 atom stereocenters. The second kappa shape index (κ2) is 7.85. The van der Waals surface area contributed by atoms with Gasteiger partial charge in [0.1, 0.15) is 5.78 Å². The first kappa shape index (κ1) is 20.8. The molecule has 154 valence electrons. The fourth-order valence-corrected chi connectivity index (χ4v) is 7.23. The molecular weight excluding hydrogens is 340 g/mol. The molecule has 0 aromatic carbocycles. The highest BCUT2D eigenvalue weighted by atomic mass is 16.5. The normalized spacial score (nSPS) is 42.3. The Labute approximate surface area is 164 Å². The number of ketones is 1. The van der Waals surface area contributed by atoms with Gasteiger partial charge < -0.3 is 9.84 Å². The number of fused-ring (bicyclic) bond motifs is 3. The number of aliphatic hydroxyl groups is 1. The summed E-state index contributed by atoms with van der Waals surface area (Å²) < 4.78 is 4.92. The molecule has 0 heterocycles. The summed E-state index contributed by atoms with van der Waals surface area (Å²) in [6, 6.07) is 0.